The highest BCUT2D eigenvalue weighted by atomic mass is 15.1. The number of para-hydroxylation sites is 1. The number of fused-ring (bicyclic) bond motifs is 1. The fourth-order valence-corrected chi connectivity index (χ4v) is 4.35. The van der Waals surface area contributed by atoms with Gasteiger partial charge in [0.1, 0.15) is 11.3 Å². The molecule has 0 bridgehead atoms. The number of pyridine rings is 2. The molecule has 0 amide bonds. The molecule has 1 N–H and O–H groups in total. The lowest BCUT2D eigenvalue weighted by atomic mass is 10.2. The van der Waals surface area contributed by atoms with Gasteiger partial charge in [0, 0.05) is 69.5 Å². The van der Waals surface area contributed by atoms with E-state index in [4.69, 9.17) is 4.98 Å². The van der Waals surface area contributed by atoms with Crippen LogP contribution in [0.25, 0.3) is 22.4 Å². The lowest BCUT2D eigenvalue weighted by Crippen LogP contribution is -2.21. The summed E-state index contributed by atoms with van der Waals surface area (Å²) < 4.78 is 2.31. The van der Waals surface area contributed by atoms with Crippen molar-refractivity contribution >= 4 is 16.7 Å². The summed E-state index contributed by atoms with van der Waals surface area (Å²) in [5, 5.41) is 3.58. The molecular weight excluding hydrogens is 432 g/mol. The predicted octanol–water partition coefficient (Wildman–Crippen LogP) is 4.96. The van der Waals surface area contributed by atoms with Crippen molar-refractivity contribution in [2.45, 2.75) is 19.5 Å². The first-order valence-electron chi connectivity index (χ1n) is 12.0. The first-order chi connectivity index (χ1) is 17.3. The van der Waals surface area contributed by atoms with Crippen molar-refractivity contribution in [1.29, 1.82) is 0 Å². The minimum atomic E-state index is 0.814. The van der Waals surface area contributed by atoms with Crippen LogP contribution in [0, 0.1) is 0 Å². The molecule has 0 saturated heterocycles. The third-order valence-electron chi connectivity index (χ3n) is 6.20. The number of anilines is 1. The normalized spacial score (nSPS) is 11.1. The average molecular weight is 463 g/mol. The van der Waals surface area contributed by atoms with Crippen molar-refractivity contribution in [3.05, 3.63) is 109 Å². The zero-order valence-electron chi connectivity index (χ0n) is 20.0. The molecule has 35 heavy (non-hydrogen) atoms. The molecule has 0 aliphatic carbocycles. The van der Waals surface area contributed by atoms with E-state index in [-0.39, 0.29) is 0 Å². The van der Waals surface area contributed by atoms with Gasteiger partial charge in [-0.3, -0.25) is 9.97 Å². The van der Waals surface area contributed by atoms with Crippen molar-refractivity contribution in [3.63, 3.8) is 0 Å². The Balaban J connectivity index is 1.41. The van der Waals surface area contributed by atoms with E-state index in [9.17, 15) is 0 Å². The minimum absolute atomic E-state index is 0.814. The van der Waals surface area contributed by atoms with E-state index >= 15 is 0 Å². The van der Waals surface area contributed by atoms with Crippen LogP contribution in [-0.4, -0.2) is 39.7 Å². The van der Waals surface area contributed by atoms with Crippen molar-refractivity contribution < 1.29 is 0 Å². The first-order valence-corrected chi connectivity index (χ1v) is 12.0. The second-order valence-corrected chi connectivity index (χ2v) is 8.63. The van der Waals surface area contributed by atoms with Crippen molar-refractivity contribution in [1.82, 2.24) is 24.8 Å². The van der Waals surface area contributed by atoms with Gasteiger partial charge in [-0.2, -0.15) is 0 Å². The minimum Gasteiger partial charge on any atom is -0.372 e. The number of likely N-dealkylation sites (N-methyl/N-ethyl adjacent to an activating group) is 1. The second kappa shape index (κ2) is 10.9. The van der Waals surface area contributed by atoms with Crippen LogP contribution >= 0.6 is 0 Å². The topological polar surface area (TPSA) is 58.9 Å². The van der Waals surface area contributed by atoms with E-state index in [1.807, 2.05) is 36.7 Å². The van der Waals surface area contributed by atoms with Gasteiger partial charge in [0.05, 0.1) is 11.2 Å². The van der Waals surface area contributed by atoms with Crippen molar-refractivity contribution in [3.8, 4) is 11.4 Å². The molecule has 0 fully saturated rings. The summed E-state index contributed by atoms with van der Waals surface area (Å²) in [6.07, 6.45) is 6.42. The van der Waals surface area contributed by atoms with Gasteiger partial charge >= 0.3 is 0 Å². The van der Waals surface area contributed by atoms with E-state index in [0.29, 0.717) is 0 Å². The molecule has 0 spiro atoms. The zero-order valence-corrected chi connectivity index (χ0v) is 20.0. The Morgan fingerprint density at radius 1 is 0.886 bits per heavy atom. The highest BCUT2D eigenvalue weighted by molar-refractivity contribution is 5.91. The molecule has 0 saturated carbocycles. The van der Waals surface area contributed by atoms with Crippen molar-refractivity contribution in [2.75, 3.05) is 25.0 Å². The molecule has 0 aliphatic heterocycles. The molecule has 2 aromatic carbocycles. The highest BCUT2D eigenvalue weighted by Crippen LogP contribution is 2.30. The molecule has 6 nitrogen and oxygen atoms in total. The molecule has 0 aliphatic rings. The van der Waals surface area contributed by atoms with E-state index in [2.05, 4.69) is 86.4 Å². The van der Waals surface area contributed by atoms with Gasteiger partial charge in [0.15, 0.2) is 0 Å². The number of nitrogens with zero attached hydrogens (tertiary/aromatic N) is 5. The van der Waals surface area contributed by atoms with Crippen LogP contribution in [0.5, 0.6) is 0 Å². The maximum Gasteiger partial charge on any atom is 0.142 e. The monoisotopic (exact) mass is 462 g/mol. The maximum absolute atomic E-state index is 5.13. The van der Waals surface area contributed by atoms with E-state index in [0.717, 1.165) is 66.4 Å². The van der Waals surface area contributed by atoms with Gasteiger partial charge in [-0.05, 0) is 42.0 Å². The van der Waals surface area contributed by atoms with Gasteiger partial charge in [0.25, 0.3) is 0 Å². The van der Waals surface area contributed by atoms with Crippen LogP contribution in [-0.2, 0) is 19.5 Å². The Kier molecular flexibility index (Phi) is 7.10. The lowest BCUT2D eigenvalue weighted by molar-refractivity contribution is 0.610. The Hall–Kier alpha value is -4.03. The van der Waals surface area contributed by atoms with Gasteiger partial charge in [-0.15, -0.1) is 0 Å². The standard InChI is InChI=1S/C29H30N6/c1-34(19-15-25-12-5-6-17-32-25)26-13-7-14-27-28(26)33-29(24-11-8-16-30-22-24)35(27)20-18-31-21-23-9-3-2-4-10-23/h2-14,16-17,22,31H,15,18-21H2,1H3. The summed E-state index contributed by atoms with van der Waals surface area (Å²) in [4.78, 5) is 16.2. The third kappa shape index (κ3) is 5.39. The van der Waals surface area contributed by atoms with Crippen LogP contribution in [0.2, 0.25) is 0 Å². The second-order valence-electron chi connectivity index (χ2n) is 8.63. The van der Waals surface area contributed by atoms with Crippen LogP contribution in [0.1, 0.15) is 11.3 Å². The summed E-state index contributed by atoms with van der Waals surface area (Å²) in [5.74, 6) is 0.945. The molecule has 6 heteroatoms. The van der Waals surface area contributed by atoms with Crippen molar-refractivity contribution in [2.24, 2.45) is 0 Å². The molecule has 176 valence electrons. The number of nitrogens with one attached hydrogen (secondary N) is 1. The average Bonchev–Trinajstić information content (AvgIpc) is 3.30. The van der Waals surface area contributed by atoms with Crippen LogP contribution in [0.3, 0.4) is 0 Å². The van der Waals surface area contributed by atoms with Gasteiger partial charge in [0.2, 0.25) is 0 Å². The van der Waals surface area contributed by atoms with Gasteiger partial charge in [-0.1, -0.05) is 42.5 Å². The zero-order chi connectivity index (χ0) is 23.9. The predicted molar refractivity (Wildman–Crippen MR) is 142 cm³/mol. The largest absolute Gasteiger partial charge is 0.372 e. The highest BCUT2D eigenvalue weighted by Gasteiger charge is 2.17. The molecule has 0 atom stereocenters. The molecule has 0 unspecified atom stereocenters. The summed E-state index contributed by atoms with van der Waals surface area (Å²) in [6, 6.07) is 27.0. The smallest absolute Gasteiger partial charge is 0.142 e. The fraction of sp³-hybridized carbons (Fsp3) is 0.207. The van der Waals surface area contributed by atoms with E-state index in [1.54, 1.807) is 6.20 Å². The van der Waals surface area contributed by atoms with Crippen LogP contribution in [0.15, 0.2) is 97.5 Å². The van der Waals surface area contributed by atoms with Crippen LogP contribution in [0.4, 0.5) is 5.69 Å². The number of hydrogen-bond acceptors (Lipinski definition) is 5. The summed E-state index contributed by atoms with van der Waals surface area (Å²) >= 11 is 0. The Labute approximate surface area is 206 Å². The number of aromatic nitrogens is 4. The first kappa shape index (κ1) is 22.7. The quantitative estimate of drug-likeness (QED) is 0.297. The molecule has 5 rings (SSSR count). The fourth-order valence-electron chi connectivity index (χ4n) is 4.35. The molecule has 5 aromatic rings. The Morgan fingerprint density at radius 2 is 1.77 bits per heavy atom. The van der Waals surface area contributed by atoms with Gasteiger partial charge < -0.3 is 14.8 Å². The Bertz CT molecular complexity index is 1350. The SMILES string of the molecule is CN(CCc1ccccn1)c1cccc2c1nc(-c1cccnc1)n2CCNCc1ccccc1. The summed E-state index contributed by atoms with van der Waals surface area (Å²) in [7, 11) is 2.13. The van der Waals surface area contributed by atoms with Crippen LogP contribution < -0.4 is 10.2 Å². The molecule has 3 heterocycles. The molecule has 3 aromatic heterocycles. The van der Waals surface area contributed by atoms with E-state index in [1.165, 1.54) is 5.56 Å². The number of rotatable bonds is 10. The number of imidazole rings is 1. The Morgan fingerprint density at radius 3 is 2.57 bits per heavy atom. The third-order valence-corrected chi connectivity index (χ3v) is 6.20. The molecule has 0 radical (unpaired) electrons. The van der Waals surface area contributed by atoms with E-state index < -0.39 is 0 Å². The maximum atomic E-state index is 5.13. The number of benzene rings is 2. The summed E-state index contributed by atoms with van der Waals surface area (Å²) in [5.41, 5.74) is 6.67. The van der Waals surface area contributed by atoms with Gasteiger partial charge in [-0.25, -0.2) is 4.98 Å². The lowest BCUT2D eigenvalue weighted by Gasteiger charge is -2.19. The number of hydrogen-bond donors (Lipinski definition) is 1. The molecular formula is C29H30N6. The summed E-state index contributed by atoms with van der Waals surface area (Å²) in [6.45, 7) is 3.36.